The van der Waals surface area contributed by atoms with Gasteiger partial charge in [0.05, 0.1) is 10.9 Å². The zero-order valence-corrected chi connectivity index (χ0v) is 19.4. The Labute approximate surface area is 180 Å². The van der Waals surface area contributed by atoms with E-state index < -0.39 is 10.0 Å². The Kier molecular flexibility index (Phi) is 5.54. The maximum atomic E-state index is 12.7. The molecule has 0 bridgehead atoms. The number of hydrogen-bond acceptors (Lipinski definition) is 3. The molecule has 4 nitrogen and oxygen atoms in total. The van der Waals surface area contributed by atoms with Gasteiger partial charge in [-0.05, 0) is 98.0 Å². The molecule has 0 unspecified atom stereocenters. The molecule has 0 saturated heterocycles. The van der Waals surface area contributed by atoms with Gasteiger partial charge in [0.1, 0.15) is 0 Å². The van der Waals surface area contributed by atoms with Gasteiger partial charge in [-0.25, -0.2) is 13.1 Å². The van der Waals surface area contributed by atoms with Crippen molar-refractivity contribution in [3.05, 3.63) is 69.8 Å². The number of hydrogen-bond donors (Lipinski definition) is 2. The summed E-state index contributed by atoms with van der Waals surface area (Å²) in [6.07, 6.45) is 6.29. The standard InChI is InChI=1S/C25H32N2O2S/c1-6-12-26-30(28,29)19-10-11-23-22(14-19)20-8-7-9-21(20)25(27-23)24-17(4)15(2)13-16(3)18(24)5/h7-8,10-11,13-14,20-21,25-27H,6,9,12H2,1-5H3/t20-,21+,25+/m0/s1. The molecule has 0 saturated carbocycles. The van der Waals surface area contributed by atoms with E-state index >= 15 is 0 Å². The van der Waals surface area contributed by atoms with E-state index in [-0.39, 0.29) is 12.0 Å². The third-order valence-corrected chi connectivity index (χ3v) is 8.38. The molecule has 1 aliphatic carbocycles. The first-order chi connectivity index (χ1) is 14.2. The van der Waals surface area contributed by atoms with E-state index in [2.05, 4.69) is 56.0 Å². The van der Waals surface area contributed by atoms with E-state index in [1.807, 2.05) is 19.1 Å². The quantitative estimate of drug-likeness (QED) is 0.629. The molecule has 2 N–H and O–H groups in total. The van der Waals surface area contributed by atoms with Crippen LogP contribution in [0.2, 0.25) is 0 Å². The van der Waals surface area contributed by atoms with Gasteiger partial charge in [-0.3, -0.25) is 0 Å². The van der Waals surface area contributed by atoms with E-state index in [0.29, 0.717) is 17.4 Å². The third kappa shape index (κ3) is 3.48. The van der Waals surface area contributed by atoms with Crippen LogP contribution in [0.25, 0.3) is 0 Å². The predicted octanol–water partition coefficient (Wildman–Crippen LogP) is 5.44. The molecule has 5 heteroatoms. The van der Waals surface area contributed by atoms with Crippen molar-refractivity contribution in [3.63, 3.8) is 0 Å². The average Bonchev–Trinajstić information content (AvgIpc) is 3.21. The van der Waals surface area contributed by atoms with E-state index in [4.69, 9.17) is 0 Å². The second-order valence-electron chi connectivity index (χ2n) is 8.80. The van der Waals surface area contributed by atoms with Gasteiger partial charge in [0.25, 0.3) is 0 Å². The number of aryl methyl sites for hydroxylation is 2. The van der Waals surface area contributed by atoms with Gasteiger partial charge in [-0.1, -0.05) is 25.1 Å². The smallest absolute Gasteiger partial charge is 0.240 e. The largest absolute Gasteiger partial charge is 0.378 e. The van der Waals surface area contributed by atoms with Crippen LogP contribution in [0.3, 0.4) is 0 Å². The number of benzene rings is 2. The number of anilines is 1. The maximum absolute atomic E-state index is 12.7. The molecule has 0 aromatic heterocycles. The molecule has 4 rings (SSSR count). The molecule has 0 radical (unpaired) electrons. The van der Waals surface area contributed by atoms with Crippen LogP contribution in [-0.2, 0) is 10.0 Å². The molecular weight excluding hydrogens is 392 g/mol. The van der Waals surface area contributed by atoms with Gasteiger partial charge >= 0.3 is 0 Å². The fourth-order valence-electron chi connectivity index (χ4n) is 5.06. The zero-order valence-electron chi connectivity index (χ0n) is 18.5. The van der Waals surface area contributed by atoms with Gasteiger partial charge < -0.3 is 5.32 Å². The normalized spacial score (nSPS) is 22.5. The third-order valence-electron chi connectivity index (χ3n) is 6.92. The molecule has 0 fully saturated rings. The topological polar surface area (TPSA) is 58.2 Å². The molecule has 1 aliphatic heterocycles. The van der Waals surface area contributed by atoms with E-state index in [1.54, 1.807) is 6.07 Å². The van der Waals surface area contributed by atoms with Crippen molar-refractivity contribution in [2.24, 2.45) is 5.92 Å². The van der Waals surface area contributed by atoms with Crippen molar-refractivity contribution < 1.29 is 8.42 Å². The lowest BCUT2D eigenvalue weighted by atomic mass is 9.74. The Morgan fingerprint density at radius 2 is 1.77 bits per heavy atom. The number of allylic oxidation sites excluding steroid dienone is 2. The molecule has 0 amide bonds. The summed E-state index contributed by atoms with van der Waals surface area (Å²) in [5, 5.41) is 3.79. The summed E-state index contributed by atoms with van der Waals surface area (Å²) in [6, 6.07) is 8.03. The highest BCUT2D eigenvalue weighted by Gasteiger charge is 2.39. The van der Waals surface area contributed by atoms with Crippen LogP contribution < -0.4 is 10.0 Å². The summed E-state index contributed by atoms with van der Waals surface area (Å²) >= 11 is 0. The SMILES string of the molecule is CCCNS(=O)(=O)c1ccc2c(c1)[C@H]1C=CC[C@H]1[C@H](c1c(C)c(C)cc(C)c1C)N2. The average molecular weight is 425 g/mol. The molecule has 160 valence electrons. The van der Waals surface area contributed by atoms with Crippen molar-refractivity contribution in [2.45, 2.75) is 64.3 Å². The van der Waals surface area contributed by atoms with Gasteiger partial charge in [0.15, 0.2) is 0 Å². The van der Waals surface area contributed by atoms with Crippen LogP contribution in [0.15, 0.2) is 41.3 Å². The van der Waals surface area contributed by atoms with E-state index in [0.717, 1.165) is 24.1 Å². The van der Waals surface area contributed by atoms with Gasteiger partial charge in [0, 0.05) is 18.2 Å². The minimum absolute atomic E-state index is 0.219. The van der Waals surface area contributed by atoms with Crippen molar-refractivity contribution >= 4 is 15.7 Å². The molecule has 1 heterocycles. The first-order valence-corrected chi connectivity index (χ1v) is 12.4. The van der Waals surface area contributed by atoms with Crippen LogP contribution in [-0.4, -0.2) is 15.0 Å². The van der Waals surface area contributed by atoms with Gasteiger partial charge in [-0.2, -0.15) is 0 Å². The molecule has 30 heavy (non-hydrogen) atoms. The highest BCUT2D eigenvalue weighted by atomic mass is 32.2. The first-order valence-electron chi connectivity index (χ1n) is 10.9. The zero-order chi connectivity index (χ0) is 21.6. The lowest BCUT2D eigenvalue weighted by Crippen LogP contribution is -2.31. The maximum Gasteiger partial charge on any atom is 0.240 e. The lowest BCUT2D eigenvalue weighted by Gasteiger charge is -2.39. The number of nitrogens with one attached hydrogen (secondary N) is 2. The minimum Gasteiger partial charge on any atom is -0.378 e. The van der Waals surface area contributed by atoms with Crippen molar-refractivity contribution in [2.75, 3.05) is 11.9 Å². The van der Waals surface area contributed by atoms with Crippen LogP contribution in [0.5, 0.6) is 0 Å². The molecule has 2 aromatic rings. The Bertz CT molecular complexity index is 1090. The highest BCUT2D eigenvalue weighted by Crippen LogP contribution is 2.51. The Balaban J connectivity index is 1.79. The summed E-state index contributed by atoms with van der Waals surface area (Å²) in [5.74, 6) is 0.616. The molecule has 3 atom stereocenters. The van der Waals surface area contributed by atoms with Crippen LogP contribution >= 0.6 is 0 Å². The summed E-state index contributed by atoms with van der Waals surface area (Å²) in [6.45, 7) is 11.2. The van der Waals surface area contributed by atoms with Crippen molar-refractivity contribution in [3.8, 4) is 0 Å². The van der Waals surface area contributed by atoms with E-state index in [1.165, 1.54) is 27.8 Å². The molecule has 0 spiro atoms. The summed E-state index contributed by atoms with van der Waals surface area (Å²) in [7, 11) is -3.48. The molecule has 2 aromatic carbocycles. The monoisotopic (exact) mass is 424 g/mol. The first kappa shape index (κ1) is 21.1. The number of fused-ring (bicyclic) bond motifs is 3. The second kappa shape index (κ2) is 7.86. The van der Waals surface area contributed by atoms with Crippen molar-refractivity contribution in [1.82, 2.24) is 4.72 Å². The summed E-state index contributed by atoms with van der Waals surface area (Å²) < 4.78 is 28.0. The Morgan fingerprint density at radius 3 is 2.43 bits per heavy atom. The lowest BCUT2D eigenvalue weighted by molar-refractivity contribution is 0.422. The second-order valence-corrected chi connectivity index (χ2v) is 10.6. The van der Waals surface area contributed by atoms with Crippen LogP contribution in [0, 0.1) is 33.6 Å². The van der Waals surface area contributed by atoms with Crippen LogP contribution in [0.4, 0.5) is 5.69 Å². The fraction of sp³-hybridized carbons (Fsp3) is 0.440. The fourth-order valence-corrected chi connectivity index (χ4v) is 6.23. The molecule has 2 aliphatic rings. The Hall–Kier alpha value is -2.11. The number of sulfonamides is 1. The highest BCUT2D eigenvalue weighted by molar-refractivity contribution is 7.89. The Morgan fingerprint density at radius 1 is 1.07 bits per heavy atom. The predicted molar refractivity (Wildman–Crippen MR) is 124 cm³/mol. The number of rotatable bonds is 5. The molecular formula is C25H32N2O2S. The summed E-state index contributed by atoms with van der Waals surface area (Å²) in [4.78, 5) is 0.354. The van der Waals surface area contributed by atoms with Gasteiger partial charge in [-0.15, -0.1) is 0 Å². The summed E-state index contributed by atoms with van der Waals surface area (Å²) in [5.41, 5.74) is 8.89. The minimum atomic E-state index is -3.48. The van der Waals surface area contributed by atoms with Crippen molar-refractivity contribution in [1.29, 1.82) is 0 Å². The van der Waals surface area contributed by atoms with E-state index in [9.17, 15) is 8.42 Å². The van der Waals surface area contributed by atoms with Crippen LogP contribution in [0.1, 0.15) is 65.1 Å². The van der Waals surface area contributed by atoms with Gasteiger partial charge in [0.2, 0.25) is 10.0 Å².